The molecule has 5 nitrogen and oxygen atoms in total. The van der Waals surface area contributed by atoms with E-state index in [1.165, 1.54) is 5.56 Å². The van der Waals surface area contributed by atoms with Crippen molar-refractivity contribution in [1.82, 2.24) is 9.47 Å². The lowest BCUT2D eigenvalue weighted by atomic mass is 10.0. The highest BCUT2D eigenvalue weighted by molar-refractivity contribution is 5.72. The molecule has 26 heavy (non-hydrogen) atoms. The molecule has 0 bridgehead atoms. The lowest BCUT2D eigenvalue weighted by Gasteiger charge is -2.33. The molecule has 136 valence electrons. The molecule has 1 atom stereocenters. The lowest BCUT2D eigenvalue weighted by Crippen LogP contribution is -2.38. The number of nitrogens with zero attached hydrogens (tertiary/aromatic N) is 2. The maximum atomic E-state index is 12.4. The van der Waals surface area contributed by atoms with Crippen LogP contribution in [0.5, 0.6) is 5.75 Å². The molecule has 1 aliphatic rings. The molecule has 0 N–H and O–H groups in total. The van der Waals surface area contributed by atoms with E-state index < -0.39 is 0 Å². The van der Waals surface area contributed by atoms with Gasteiger partial charge in [0.15, 0.2) is 5.58 Å². The number of para-hydroxylation sites is 2. The van der Waals surface area contributed by atoms with Gasteiger partial charge in [-0.15, -0.1) is 0 Å². The Morgan fingerprint density at radius 3 is 2.77 bits per heavy atom. The van der Waals surface area contributed by atoms with E-state index in [2.05, 4.69) is 17.0 Å². The number of hydrogen-bond donors (Lipinski definition) is 0. The molecule has 1 aromatic heterocycles. The van der Waals surface area contributed by atoms with Crippen LogP contribution in [-0.2, 0) is 6.54 Å². The summed E-state index contributed by atoms with van der Waals surface area (Å²) in [4.78, 5) is 14.8. The fraction of sp³-hybridized carbons (Fsp3) is 0.381. The molecule has 1 saturated heterocycles. The van der Waals surface area contributed by atoms with Gasteiger partial charge in [0.25, 0.3) is 0 Å². The predicted octanol–water partition coefficient (Wildman–Crippen LogP) is 3.83. The monoisotopic (exact) mass is 352 g/mol. The van der Waals surface area contributed by atoms with Gasteiger partial charge in [-0.1, -0.05) is 24.3 Å². The molecule has 0 aliphatic carbocycles. The van der Waals surface area contributed by atoms with Crippen LogP contribution in [0.2, 0.25) is 0 Å². The summed E-state index contributed by atoms with van der Waals surface area (Å²) in [6, 6.07) is 16.1. The number of likely N-dealkylation sites (tertiary alicyclic amines) is 1. The first kappa shape index (κ1) is 16.9. The van der Waals surface area contributed by atoms with Crippen molar-refractivity contribution in [2.45, 2.75) is 32.4 Å². The number of rotatable bonds is 5. The molecule has 0 unspecified atom stereocenters. The van der Waals surface area contributed by atoms with Gasteiger partial charge in [-0.2, -0.15) is 0 Å². The van der Waals surface area contributed by atoms with Crippen molar-refractivity contribution in [3.8, 4) is 5.75 Å². The highest BCUT2D eigenvalue weighted by atomic mass is 16.5. The second-order valence-electron chi connectivity index (χ2n) is 6.81. The van der Waals surface area contributed by atoms with E-state index in [1.807, 2.05) is 47.9 Å². The Kier molecular flexibility index (Phi) is 4.80. The van der Waals surface area contributed by atoms with Crippen molar-refractivity contribution in [2.75, 3.05) is 19.7 Å². The number of hydrogen-bond acceptors (Lipinski definition) is 4. The summed E-state index contributed by atoms with van der Waals surface area (Å²) in [6.45, 7) is 5.46. The van der Waals surface area contributed by atoms with Crippen LogP contribution < -0.4 is 10.5 Å². The average molecular weight is 352 g/mol. The highest BCUT2D eigenvalue weighted by Gasteiger charge is 2.25. The first-order chi connectivity index (χ1) is 12.7. The Balaban J connectivity index is 1.50. The standard InChI is InChI=1S/C21H24N2O3/c1-2-25-18-11-9-16(10-12-18)14-22-13-5-6-17(15-22)23-19-7-3-4-8-20(19)26-21(23)24/h3-4,7-12,17H,2,5-6,13-15H2,1H3/t17-/m1/s1. The van der Waals surface area contributed by atoms with Gasteiger partial charge in [-0.25, -0.2) is 4.79 Å². The molecular weight excluding hydrogens is 328 g/mol. The number of piperidine rings is 1. The van der Waals surface area contributed by atoms with Gasteiger partial charge < -0.3 is 9.15 Å². The molecule has 1 fully saturated rings. The van der Waals surface area contributed by atoms with E-state index >= 15 is 0 Å². The first-order valence-corrected chi connectivity index (χ1v) is 9.29. The summed E-state index contributed by atoms with van der Waals surface area (Å²) in [5, 5.41) is 0. The van der Waals surface area contributed by atoms with Crippen LogP contribution in [0.25, 0.3) is 11.1 Å². The van der Waals surface area contributed by atoms with Crippen molar-refractivity contribution in [2.24, 2.45) is 0 Å². The van der Waals surface area contributed by atoms with Crippen molar-refractivity contribution in [3.63, 3.8) is 0 Å². The van der Waals surface area contributed by atoms with Crippen molar-refractivity contribution in [3.05, 3.63) is 64.6 Å². The van der Waals surface area contributed by atoms with E-state index in [4.69, 9.17) is 9.15 Å². The Bertz CT molecular complexity index is 926. The molecule has 0 spiro atoms. The highest BCUT2D eigenvalue weighted by Crippen LogP contribution is 2.26. The summed E-state index contributed by atoms with van der Waals surface area (Å²) in [5.74, 6) is 0.656. The third-order valence-electron chi connectivity index (χ3n) is 5.01. The number of fused-ring (bicyclic) bond motifs is 1. The zero-order valence-electron chi connectivity index (χ0n) is 15.1. The molecule has 3 aromatic rings. The molecule has 1 aliphatic heterocycles. The van der Waals surface area contributed by atoms with E-state index in [0.29, 0.717) is 12.2 Å². The maximum absolute atomic E-state index is 12.4. The third kappa shape index (κ3) is 3.40. The Labute approximate surface area is 152 Å². The van der Waals surface area contributed by atoms with Gasteiger partial charge in [-0.05, 0) is 56.1 Å². The molecule has 0 amide bonds. The smallest absolute Gasteiger partial charge is 0.420 e. The van der Waals surface area contributed by atoms with Gasteiger partial charge >= 0.3 is 5.76 Å². The summed E-state index contributed by atoms with van der Waals surface area (Å²) >= 11 is 0. The number of ether oxygens (including phenoxy) is 1. The minimum atomic E-state index is -0.251. The van der Waals surface area contributed by atoms with Crippen LogP contribution in [0.3, 0.4) is 0 Å². The summed E-state index contributed by atoms with van der Waals surface area (Å²) < 4.78 is 12.8. The number of benzene rings is 2. The SMILES string of the molecule is CCOc1ccc(CN2CCC[C@@H](n3c(=O)oc4ccccc43)C2)cc1. The summed E-state index contributed by atoms with van der Waals surface area (Å²) in [6.07, 6.45) is 2.08. The van der Waals surface area contributed by atoms with Crippen molar-refractivity contribution in [1.29, 1.82) is 0 Å². The normalized spacial score (nSPS) is 18.3. The second-order valence-corrected chi connectivity index (χ2v) is 6.81. The van der Waals surface area contributed by atoms with E-state index in [9.17, 15) is 4.79 Å². The van der Waals surface area contributed by atoms with Gasteiger partial charge in [0.2, 0.25) is 0 Å². The van der Waals surface area contributed by atoms with Crippen molar-refractivity contribution >= 4 is 11.1 Å². The Hall–Kier alpha value is -2.53. The molecule has 4 rings (SSSR count). The van der Waals surface area contributed by atoms with Gasteiger partial charge in [0.1, 0.15) is 5.75 Å². The van der Waals surface area contributed by atoms with Crippen LogP contribution in [0, 0.1) is 0 Å². The van der Waals surface area contributed by atoms with E-state index in [-0.39, 0.29) is 11.8 Å². The molecular formula is C21H24N2O3. The van der Waals surface area contributed by atoms with E-state index in [1.54, 1.807) is 0 Å². The average Bonchev–Trinajstić information content (AvgIpc) is 2.99. The lowest BCUT2D eigenvalue weighted by molar-refractivity contribution is 0.168. The molecule has 0 radical (unpaired) electrons. The van der Waals surface area contributed by atoms with Gasteiger partial charge in [0, 0.05) is 13.1 Å². The zero-order chi connectivity index (χ0) is 17.9. The minimum absolute atomic E-state index is 0.155. The molecule has 2 heterocycles. The second kappa shape index (κ2) is 7.38. The fourth-order valence-corrected chi connectivity index (χ4v) is 3.83. The summed E-state index contributed by atoms with van der Waals surface area (Å²) in [5.41, 5.74) is 2.82. The third-order valence-corrected chi connectivity index (χ3v) is 5.01. The first-order valence-electron chi connectivity index (χ1n) is 9.29. The predicted molar refractivity (Wildman–Crippen MR) is 102 cm³/mol. The quantitative estimate of drug-likeness (QED) is 0.700. The van der Waals surface area contributed by atoms with Crippen molar-refractivity contribution < 1.29 is 9.15 Å². The molecule has 2 aromatic carbocycles. The Morgan fingerprint density at radius 1 is 1.15 bits per heavy atom. The number of aromatic nitrogens is 1. The zero-order valence-corrected chi connectivity index (χ0v) is 15.1. The van der Waals surface area contributed by atoms with Gasteiger partial charge in [0.05, 0.1) is 18.2 Å². The molecule has 5 heteroatoms. The van der Waals surface area contributed by atoms with Gasteiger partial charge in [-0.3, -0.25) is 9.47 Å². The Morgan fingerprint density at radius 2 is 1.96 bits per heavy atom. The van der Waals surface area contributed by atoms with Crippen LogP contribution in [0.4, 0.5) is 0 Å². The number of oxazole rings is 1. The summed E-state index contributed by atoms with van der Waals surface area (Å²) in [7, 11) is 0. The van der Waals surface area contributed by atoms with Crippen LogP contribution in [0.15, 0.2) is 57.7 Å². The van der Waals surface area contributed by atoms with Crippen LogP contribution in [-0.4, -0.2) is 29.2 Å². The molecule has 0 saturated carbocycles. The maximum Gasteiger partial charge on any atom is 0.420 e. The van der Waals surface area contributed by atoms with E-state index in [0.717, 1.165) is 43.7 Å². The fourth-order valence-electron chi connectivity index (χ4n) is 3.83. The van der Waals surface area contributed by atoms with Crippen LogP contribution >= 0.6 is 0 Å². The largest absolute Gasteiger partial charge is 0.494 e. The minimum Gasteiger partial charge on any atom is -0.494 e. The topological polar surface area (TPSA) is 47.6 Å². The van der Waals surface area contributed by atoms with Crippen LogP contribution in [0.1, 0.15) is 31.4 Å².